The van der Waals surface area contributed by atoms with E-state index >= 15 is 0 Å². The van der Waals surface area contributed by atoms with Gasteiger partial charge in [0.05, 0.1) is 16.8 Å². The lowest BCUT2D eigenvalue weighted by atomic mass is 10.0. The summed E-state index contributed by atoms with van der Waals surface area (Å²) >= 11 is 0. The van der Waals surface area contributed by atoms with Gasteiger partial charge in [-0.1, -0.05) is 0 Å². The first kappa shape index (κ1) is 17.5. The Morgan fingerprint density at radius 3 is 2.67 bits per heavy atom. The fourth-order valence-electron chi connectivity index (χ4n) is 3.49. The van der Waals surface area contributed by atoms with Crippen LogP contribution in [0.2, 0.25) is 0 Å². The molecule has 0 radical (unpaired) electrons. The molecule has 0 bridgehead atoms. The van der Waals surface area contributed by atoms with E-state index in [1.165, 1.54) is 25.0 Å². The summed E-state index contributed by atoms with van der Waals surface area (Å²) in [5, 5.41) is 3.49. The first-order valence-electron chi connectivity index (χ1n) is 9.22. The van der Waals surface area contributed by atoms with Crippen molar-refractivity contribution >= 4 is 16.8 Å². The average molecular weight is 364 g/mol. The highest BCUT2D eigenvalue weighted by Crippen LogP contribution is 2.25. The molecule has 6 heteroatoms. The first-order chi connectivity index (χ1) is 13.2. The fraction of sp³-hybridized carbons (Fsp3) is 0.286. The summed E-state index contributed by atoms with van der Waals surface area (Å²) in [6.45, 7) is 3.58. The topological polar surface area (TPSA) is 58.1 Å². The number of pyridine rings is 2. The van der Waals surface area contributed by atoms with Gasteiger partial charge in [-0.3, -0.25) is 9.78 Å². The molecule has 1 aliphatic heterocycles. The largest absolute Gasteiger partial charge is 0.351 e. The van der Waals surface area contributed by atoms with E-state index in [1.807, 2.05) is 12.1 Å². The van der Waals surface area contributed by atoms with Gasteiger partial charge < -0.3 is 10.2 Å². The maximum absolute atomic E-state index is 13.8. The van der Waals surface area contributed by atoms with Crippen molar-refractivity contribution in [1.82, 2.24) is 20.2 Å². The maximum Gasteiger partial charge on any atom is 0.252 e. The summed E-state index contributed by atoms with van der Waals surface area (Å²) in [4.78, 5) is 23.8. The van der Waals surface area contributed by atoms with Crippen LogP contribution in [-0.2, 0) is 0 Å². The molecule has 1 aliphatic rings. The maximum atomic E-state index is 13.8. The van der Waals surface area contributed by atoms with E-state index < -0.39 is 0 Å². The molecule has 3 aromatic rings. The lowest BCUT2D eigenvalue weighted by molar-refractivity contribution is 0.0951. The van der Waals surface area contributed by atoms with Crippen molar-refractivity contribution in [3.05, 3.63) is 60.2 Å². The second kappa shape index (κ2) is 7.80. The van der Waals surface area contributed by atoms with Crippen molar-refractivity contribution in [1.29, 1.82) is 0 Å². The lowest BCUT2D eigenvalue weighted by Gasteiger charge is -2.15. The van der Waals surface area contributed by atoms with Crippen LogP contribution in [0.25, 0.3) is 22.2 Å². The molecule has 4 rings (SSSR count). The van der Waals surface area contributed by atoms with E-state index in [-0.39, 0.29) is 11.7 Å². The van der Waals surface area contributed by atoms with Crippen molar-refractivity contribution < 1.29 is 9.18 Å². The molecule has 1 N–H and O–H groups in total. The van der Waals surface area contributed by atoms with Crippen LogP contribution in [0.1, 0.15) is 23.2 Å². The van der Waals surface area contributed by atoms with Gasteiger partial charge in [0.2, 0.25) is 0 Å². The van der Waals surface area contributed by atoms with Crippen molar-refractivity contribution in [2.75, 3.05) is 26.2 Å². The normalized spacial score (nSPS) is 14.6. The molecule has 3 heterocycles. The van der Waals surface area contributed by atoms with E-state index in [0.717, 1.165) is 25.2 Å². The predicted octanol–water partition coefficient (Wildman–Crippen LogP) is 3.26. The minimum atomic E-state index is -0.382. The second-order valence-corrected chi connectivity index (χ2v) is 6.76. The molecule has 1 fully saturated rings. The second-order valence-electron chi connectivity index (χ2n) is 6.76. The van der Waals surface area contributed by atoms with Gasteiger partial charge in [0.15, 0.2) is 0 Å². The zero-order valence-electron chi connectivity index (χ0n) is 15.0. The predicted molar refractivity (Wildman–Crippen MR) is 103 cm³/mol. The number of hydrogen-bond acceptors (Lipinski definition) is 4. The monoisotopic (exact) mass is 364 g/mol. The zero-order valence-corrected chi connectivity index (χ0v) is 15.0. The molecule has 0 aliphatic carbocycles. The Labute approximate surface area is 157 Å². The summed E-state index contributed by atoms with van der Waals surface area (Å²) in [5.41, 5.74) is 2.56. The van der Waals surface area contributed by atoms with Gasteiger partial charge in [-0.05, 0) is 62.3 Å². The Kier molecular flexibility index (Phi) is 5.07. The number of likely N-dealkylation sites (tertiary alicyclic amines) is 1. The van der Waals surface area contributed by atoms with E-state index in [1.54, 1.807) is 24.5 Å². The Balaban J connectivity index is 1.64. The summed E-state index contributed by atoms with van der Waals surface area (Å²) in [6, 6.07) is 9.74. The van der Waals surface area contributed by atoms with Crippen LogP contribution >= 0.6 is 0 Å². The third-order valence-electron chi connectivity index (χ3n) is 4.90. The first-order valence-corrected chi connectivity index (χ1v) is 9.22. The number of hydrogen-bond donors (Lipinski definition) is 1. The fourth-order valence-corrected chi connectivity index (χ4v) is 3.49. The molecule has 1 amide bonds. The Morgan fingerprint density at radius 2 is 1.89 bits per heavy atom. The molecule has 0 saturated carbocycles. The SMILES string of the molecule is O=C(NCCN1CCCC1)c1cc(-c2ccncc2)nc2ccc(F)cc12. The average Bonchev–Trinajstić information content (AvgIpc) is 3.21. The molecular weight excluding hydrogens is 343 g/mol. The number of amides is 1. The highest BCUT2D eigenvalue weighted by Gasteiger charge is 2.16. The lowest BCUT2D eigenvalue weighted by Crippen LogP contribution is -2.33. The van der Waals surface area contributed by atoms with Gasteiger partial charge in [-0.2, -0.15) is 0 Å². The minimum absolute atomic E-state index is 0.206. The van der Waals surface area contributed by atoms with Crippen LogP contribution in [-0.4, -0.2) is 47.0 Å². The number of benzene rings is 1. The van der Waals surface area contributed by atoms with Gasteiger partial charge in [0, 0.05) is 36.4 Å². The summed E-state index contributed by atoms with van der Waals surface area (Å²) in [7, 11) is 0. The molecule has 0 atom stereocenters. The molecule has 27 heavy (non-hydrogen) atoms. The number of fused-ring (bicyclic) bond motifs is 1. The molecule has 1 saturated heterocycles. The third-order valence-corrected chi connectivity index (χ3v) is 4.90. The van der Waals surface area contributed by atoms with E-state index in [4.69, 9.17) is 0 Å². The van der Waals surface area contributed by atoms with Crippen molar-refractivity contribution in [3.63, 3.8) is 0 Å². The Hall–Kier alpha value is -2.86. The molecular formula is C21H21FN4O. The molecule has 138 valence electrons. The molecule has 0 unspecified atom stereocenters. The smallest absolute Gasteiger partial charge is 0.252 e. The summed E-state index contributed by atoms with van der Waals surface area (Å²) in [6.07, 6.45) is 5.80. The molecule has 1 aromatic carbocycles. The quantitative estimate of drug-likeness (QED) is 0.755. The van der Waals surface area contributed by atoms with Crippen molar-refractivity contribution in [2.45, 2.75) is 12.8 Å². The summed E-state index contributed by atoms with van der Waals surface area (Å²) < 4.78 is 13.8. The zero-order chi connectivity index (χ0) is 18.6. The number of rotatable bonds is 5. The van der Waals surface area contributed by atoms with Gasteiger partial charge in [0.1, 0.15) is 5.82 Å². The van der Waals surface area contributed by atoms with Gasteiger partial charge in [-0.15, -0.1) is 0 Å². The Bertz CT molecular complexity index is 955. The van der Waals surface area contributed by atoms with Crippen LogP contribution in [0.3, 0.4) is 0 Å². The van der Waals surface area contributed by atoms with Crippen molar-refractivity contribution in [2.24, 2.45) is 0 Å². The van der Waals surface area contributed by atoms with Crippen LogP contribution < -0.4 is 5.32 Å². The highest BCUT2D eigenvalue weighted by atomic mass is 19.1. The van der Waals surface area contributed by atoms with E-state index in [0.29, 0.717) is 28.7 Å². The van der Waals surface area contributed by atoms with Crippen LogP contribution in [0.15, 0.2) is 48.8 Å². The van der Waals surface area contributed by atoms with Gasteiger partial charge in [-0.25, -0.2) is 9.37 Å². The van der Waals surface area contributed by atoms with E-state index in [9.17, 15) is 9.18 Å². The summed E-state index contributed by atoms with van der Waals surface area (Å²) in [5.74, 6) is -0.588. The third kappa shape index (κ3) is 3.95. The molecule has 2 aromatic heterocycles. The van der Waals surface area contributed by atoms with Gasteiger partial charge >= 0.3 is 0 Å². The molecule has 0 spiro atoms. The van der Waals surface area contributed by atoms with Crippen LogP contribution in [0.4, 0.5) is 4.39 Å². The number of carbonyl (C=O) groups excluding carboxylic acids is 1. The minimum Gasteiger partial charge on any atom is -0.351 e. The van der Waals surface area contributed by atoms with Crippen LogP contribution in [0, 0.1) is 5.82 Å². The number of nitrogens with one attached hydrogen (secondary N) is 1. The van der Waals surface area contributed by atoms with Crippen LogP contribution in [0.5, 0.6) is 0 Å². The van der Waals surface area contributed by atoms with Gasteiger partial charge in [0.25, 0.3) is 5.91 Å². The number of halogens is 1. The van der Waals surface area contributed by atoms with Crippen molar-refractivity contribution in [3.8, 4) is 11.3 Å². The number of carbonyl (C=O) groups is 1. The molecule has 5 nitrogen and oxygen atoms in total. The Morgan fingerprint density at radius 1 is 1.11 bits per heavy atom. The number of nitrogens with zero attached hydrogens (tertiary/aromatic N) is 3. The standard InChI is InChI=1S/C21H21FN4O/c22-16-3-4-19-17(13-16)18(14-20(25-19)15-5-7-23-8-6-15)21(27)24-9-12-26-10-1-2-11-26/h3-8,13-14H,1-2,9-12H2,(H,24,27). The highest BCUT2D eigenvalue weighted by molar-refractivity contribution is 6.07. The van der Waals surface area contributed by atoms with E-state index in [2.05, 4.69) is 20.2 Å². The number of aromatic nitrogens is 2.